The molecule has 2 aromatic heterocycles. The molecule has 1 aliphatic heterocycles. The summed E-state index contributed by atoms with van der Waals surface area (Å²) in [6, 6.07) is 0.243. The number of aromatic nitrogens is 4. The molecule has 0 spiro atoms. The van der Waals surface area contributed by atoms with Gasteiger partial charge in [-0.15, -0.1) is 0 Å². The van der Waals surface area contributed by atoms with Gasteiger partial charge in [-0.1, -0.05) is 5.16 Å². The predicted octanol–water partition coefficient (Wildman–Crippen LogP) is 1.12. The summed E-state index contributed by atoms with van der Waals surface area (Å²) >= 11 is 0. The van der Waals surface area contributed by atoms with Gasteiger partial charge in [0.2, 0.25) is 5.89 Å². The Kier molecular flexibility index (Phi) is 5.27. The van der Waals surface area contributed by atoms with E-state index in [9.17, 15) is 0 Å². The van der Waals surface area contributed by atoms with Gasteiger partial charge in [0.25, 0.3) is 0 Å². The maximum absolute atomic E-state index is 5.65. The van der Waals surface area contributed by atoms with Crippen LogP contribution < -0.4 is 0 Å². The summed E-state index contributed by atoms with van der Waals surface area (Å²) in [6.07, 6.45) is 0.645. The van der Waals surface area contributed by atoms with Crippen molar-refractivity contribution in [2.75, 3.05) is 40.5 Å². The number of methoxy groups -OCH3 is 1. The van der Waals surface area contributed by atoms with Crippen LogP contribution in [-0.4, -0.2) is 65.3 Å². The summed E-state index contributed by atoms with van der Waals surface area (Å²) in [7, 11) is 3.79. The second-order valence-corrected chi connectivity index (χ2v) is 6.16. The van der Waals surface area contributed by atoms with Gasteiger partial charge in [0.15, 0.2) is 5.82 Å². The van der Waals surface area contributed by atoms with Crippen molar-refractivity contribution in [3.8, 4) is 0 Å². The van der Waals surface area contributed by atoms with Crippen LogP contribution in [0.15, 0.2) is 4.52 Å². The van der Waals surface area contributed by atoms with E-state index < -0.39 is 0 Å². The summed E-state index contributed by atoms with van der Waals surface area (Å²) in [6.45, 7) is 7.60. The maximum Gasteiger partial charge on any atom is 0.248 e. The van der Waals surface area contributed by atoms with E-state index in [1.165, 1.54) is 5.56 Å². The molecule has 1 atom stereocenters. The highest BCUT2D eigenvalue weighted by Gasteiger charge is 2.27. The van der Waals surface area contributed by atoms with Crippen LogP contribution in [0.25, 0.3) is 0 Å². The molecule has 8 nitrogen and oxygen atoms in total. The zero-order valence-corrected chi connectivity index (χ0v) is 14.8. The average Bonchev–Trinajstić information content (AvgIpc) is 3.12. The largest absolute Gasteiger partial charge is 0.384 e. The Morgan fingerprint density at radius 3 is 2.92 bits per heavy atom. The molecular formula is C16H25N5O3. The number of hydrogen-bond donors (Lipinski definition) is 0. The molecule has 1 saturated heterocycles. The molecule has 132 valence electrons. The number of likely N-dealkylation sites (N-methyl/N-ethyl adjacent to an activating group) is 1. The Balaban J connectivity index is 1.77. The molecule has 24 heavy (non-hydrogen) atoms. The second-order valence-electron chi connectivity index (χ2n) is 6.16. The minimum atomic E-state index is 0.243. The van der Waals surface area contributed by atoms with E-state index in [-0.39, 0.29) is 6.04 Å². The standard InChI is InChI=1S/C16H25N5O3/c1-11-16(13-10-23-8-6-20(13)3)12(2)21(18-11)9-15-17-14(19-24-15)5-7-22-4/h13H,5-10H2,1-4H3. The van der Waals surface area contributed by atoms with E-state index in [2.05, 4.69) is 34.1 Å². The summed E-state index contributed by atoms with van der Waals surface area (Å²) in [5, 5.41) is 8.64. The molecule has 1 unspecified atom stereocenters. The van der Waals surface area contributed by atoms with Crippen LogP contribution in [0, 0.1) is 13.8 Å². The monoisotopic (exact) mass is 335 g/mol. The Hall–Kier alpha value is -1.77. The zero-order chi connectivity index (χ0) is 17.1. The Morgan fingerprint density at radius 1 is 1.33 bits per heavy atom. The molecule has 0 aromatic carbocycles. The molecule has 8 heteroatoms. The lowest BCUT2D eigenvalue weighted by molar-refractivity contribution is 0.00457. The summed E-state index contributed by atoms with van der Waals surface area (Å²) < 4.78 is 17.9. The summed E-state index contributed by atoms with van der Waals surface area (Å²) in [4.78, 5) is 6.72. The highest BCUT2D eigenvalue weighted by Crippen LogP contribution is 2.28. The van der Waals surface area contributed by atoms with Crippen LogP contribution in [0.4, 0.5) is 0 Å². The third-order valence-electron chi connectivity index (χ3n) is 4.49. The first-order valence-corrected chi connectivity index (χ1v) is 8.22. The number of aryl methyl sites for hydroxylation is 1. The van der Waals surface area contributed by atoms with E-state index in [1.54, 1.807) is 7.11 Å². The second kappa shape index (κ2) is 7.42. The minimum Gasteiger partial charge on any atom is -0.384 e. The van der Waals surface area contributed by atoms with Crippen LogP contribution in [0.1, 0.15) is 34.7 Å². The lowest BCUT2D eigenvalue weighted by atomic mass is 10.0. The van der Waals surface area contributed by atoms with Gasteiger partial charge in [-0.05, 0) is 20.9 Å². The zero-order valence-electron chi connectivity index (χ0n) is 14.8. The van der Waals surface area contributed by atoms with E-state index in [0.29, 0.717) is 37.9 Å². The molecule has 0 saturated carbocycles. The molecule has 3 heterocycles. The predicted molar refractivity (Wildman–Crippen MR) is 86.9 cm³/mol. The maximum atomic E-state index is 5.65. The molecule has 2 aromatic rings. The Morgan fingerprint density at radius 2 is 2.17 bits per heavy atom. The van der Waals surface area contributed by atoms with Gasteiger partial charge in [0.05, 0.1) is 31.6 Å². The molecule has 0 bridgehead atoms. The van der Waals surface area contributed by atoms with Gasteiger partial charge in [-0.25, -0.2) is 0 Å². The first-order chi connectivity index (χ1) is 11.6. The lowest BCUT2D eigenvalue weighted by Crippen LogP contribution is -2.37. The van der Waals surface area contributed by atoms with Gasteiger partial charge in [0, 0.05) is 31.3 Å². The van der Waals surface area contributed by atoms with Gasteiger partial charge in [-0.3, -0.25) is 9.58 Å². The third-order valence-corrected chi connectivity index (χ3v) is 4.49. The molecule has 0 N–H and O–H groups in total. The Bertz CT molecular complexity index is 681. The first-order valence-electron chi connectivity index (χ1n) is 8.22. The van der Waals surface area contributed by atoms with Crippen molar-refractivity contribution in [2.24, 2.45) is 0 Å². The molecule has 3 rings (SSSR count). The first kappa shape index (κ1) is 17.1. The van der Waals surface area contributed by atoms with Crippen LogP contribution in [0.3, 0.4) is 0 Å². The fraction of sp³-hybridized carbons (Fsp3) is 0.688. The number of morpholine rings is 1. The number of hydrogen-bond acceptors (Lipinski definition) is 7. The third kappa shape index (κ3) is 3.50. The molecule has 1 aliphatic rings. The van der Waals surface area contributed by atoms with Crippen LogP contribution >= 0.6 is 0 Å². The number of nitrogens with zero attached hydrogens (tertiary/aromatic N) is 5. The van der Waals surface area contributed by atoms with E-state index in [1.807, 2.05) is 11.6 Å². The van der Waals surface area contributed by atoms with Crippen molar-refractivity contribution >= 4 is 0 Å². The van der Waals surface area contributed by atoms with Crippen LogP contribution in [0.2, 0.25) is 0 Å². The van der Waals surface area contributed by atoms with E-state index in [0.717, 1.165) is 24.5 Å². The van der Waals surface area contributed by atoms with Crippen LogP contribution in [-0.2, 0) is 22.4 Å². The summed E-state index contributed by atoms with van der Waals surface area (Å²) in [5.74, 6) is 1.22. The lowest BCUT2D eigenvalue weighted by Gasteiger charge is -2.32. The van der Waals surface area contributed by atoms with Crippen molar-refractivity contribution in [2.45, 2.75) is 32.9 Å². The molecule has 0 amide bonds. The fourth-order valence-corrected chi connectivity index (χ4v) is 3.11. The average molecular weight is 335 g/mol. The van der Waals surface area contributed by atoms with Crippen molar-refractivity contribution in [1.82, 2.24) is 24.8 Å². The van der Waals surface area contributed by atoms with E-state index >= 15 is 0 Å². The minimum absolute atomic E-state index is 0.243. The van der Waals surface area contributed by atoms with Gasteiger partial charge in [0.1, 0.15) is 6.54 Å². The molecule has 1 fully saturated rings. The van der Waals surface area contributed by atoms with Crippen molar-refractivity contribution < 1.29 is 14.0 Å². The quantitative estimate of drug-likeness (QED) is 0.783. The fourth-order valence-electron chi connectivity index (χ4n) is 3.11. The summed E-state index contributed by atoms with van der Waals surface area (Å²) in [5.41, 5.74) is 3.37. The number of ether oxygens (including phenoxy) is 2. The smallest absolute Gasteiger partial charge is 0.248 e. The molecule has 0 aliphatic carbocycles. The number of rotatable bonds is 6. The van der Waals surface area contributed by atoms with Gasteiger partial charge >= 0.3 is 0 Å². The van der Waals surface area contributed by atoms with Gasteiger partial charge < -0.3 is 14.0 Å². The molecule has 0 radical (unpaired) electrons. The molecular weight excluding hydrogens is 310 g/mol. The highest BCUT2D eigenvalue weighted by atomic mass is 16.5. The highest BCUT2D eigenvalue weighted by molar-refractivity contribution is 5.29. The normalized spacial score (nSPS) is 19.1. The van der Waals surface area contributed by atoms with Crippen molar-refractivity contribution in [1.29, 1.82) is 0 Å². The van der Waals surface area contributed by atoms with Gasteiger partial charge in [-0.2, -0.15) is 10.1 Å². The Labute approximate surface area is 141 Å². The van der Waals surface area contributed by atoms with Crippen molar-refractivity contribution in [3.63, 3.8) is 0 Å². The topological polar surface area (TPSA) is 78.4 Å². The SMILES string of the molecule is COCCc1noc(Cn2nc(C)c(C3COCCN3C)c2C)n1. The van der Waals surface area contributed by atoms with E-state index in [4.69, 9.17) is 14.0 Å². The van der Waals surface area contributed by atoms with Crippen LogP contribution in [0.5, 0.6) is 0 Å². The van der Waals surface area contributed by atoms with Crippen molar-refractivity contribution in [3.05, 3.63) is 28.7 Å².